The molecule has 0 spiro atoms. The number of rotatable bonds is 1. The van der Waals surface area contributed by atoms with Crippen molar-refractivity contribution in [1.29, 1.82) is 0 Å². The van der Waals surface area contributed by atoms with Gasteiger partial charge in [-0.2, -0.15) is 0 Å². The summed E-state index contributed by atoms with van der Waals surface area (Å²) in [5.74, 6) is 0. The molecule has 1 rings (SSSR count). The van der Waals surface area contributed by atoms with Gasteiger partial charge in [0.15, 0.2) is 0 Å². The zero-order valence-electron chi connectivity index (χ0n) is 5.67. The molecule has 0 fully saturated rings. The summed E-state index contributed by atoms with van der Waals surface area (Å²) in [6.45, 7) is 3.71. The Balaban J connectivity index is 3.14. The molecule has 0 heterocycles. The van der Waals surface area contributed by atoms with Crippen LogP contribution in [-0.4, -0.2) is 5.11 Å². The SMILES string of the molecule is [CH2]c1c(N)cccc1CO. The molecule has 0 unspecified atom stereocenters. The molecule has 1 aromatic rings. The fourth-order valence-corrected chi connectivity index (χ4v) is 0.803. The van der Waals surface area contributed by atoms with Gasteiger partial charge in [0.25, 0.3) is 0 Å². The zero-order chi connectivity index (χ0) is 7.56. The summed E-state index contributed by atoms with van der Waals surface area (Å²) in [7, 11) is 0. The average molecular weight is 136 g/mol. The van der Waals surface area contributed by atoms with Crippen LogP contribution in [0.25, 0.3) is 0 Å². The molecule has 0 saturated heterocycles. The average Bonchev–Trinajstić information content (AvgIpc) is 1.95. The standard InChI is InChI=1S/C8H10NO/c1-6-7(5-10)3-2-4-8(6)9/h2-4,10H,1,5,9H2. The Morgan fingerprint density at radius 3 is 2.70 bits per heavy atom. The summed E-state index contributed by atoms with van der Waals surface area (Å²) >= 11 is 0. The van der Waals surface area contributed by atoms with Crippen LogP contribution in [0, 0.1) is 6.92 Å². The number of hydrogen-bond donors (Lipinski definition) is 2. The van der Waals surface area contributed by atoms with Crippen LogP contribution in [0.3, 0.4) is 0 Å². The topological polar surface area (TPSA) is 46.2 Å². The van der Waals surface area contributed by atoms with E-state index in [1.54, 1.807) is 18.2 Å². The zero-order valence-corrected chi connectivity index (χ0v) is 5.67. The maximum Gasteiger partial charge on any atom is 0.0685 e. The van der Waals surface area contributed by atoms with Crippen molar-refractivity contribution in [3.8, 4) is 0 Å². The highest BCUT2D eigenvalue weighted by atomic mass is 16.3. The predicted octanol–water partition coefficient (Wildman–Crippen LogP) is 0.943. The van der Waals surface area contributed by atoms with Crippen LogP contribution in [0.15, 0.2) is 18.2 Å². The number of benzene rings is 1. The predicted molar refractivity (Wildman–Crippen MR) is 41.2 cm³/mol. The lowest BCUT2D eigenvalue weighted by atomic mass is 10.1. The Morgan fingerprint density at radius 2 is 2.20 bits per heavy atom. The first kappa shape index (κ1) is 7.09. The first-order chi connectivity index (χ1) is 4.75. The van der Waals surface area contributed by atoms with Crippen LogP contribution in [-0.2, 0) is 6.61 Å². The normalized spacial score (nSPS) is 9.80. The van der Waals surface area contributed by atoms with Gasteiger partial charge >= 0.3 is 0 Å². The molecule has 0 amide bonds. The lowest BCUT2D eigenvalue weighted by Crippen LogP contribution is -1.94. The lowest BCUT2D eigenvalue weighted by molar-refractivity contribution is 0.281. The molecular weight excluding hydrogens is 126 g/mol. The highest BCUT2D eigenvalue weighted by Gasteiger charge is 1.97. The van der Waals surface area contributed by atoms with Gasteiger partial charge in [-0.1, -0.05) is 12.1 Å². The molecular formula is C8H10NO. The van der Waals surface area contributed by atoms with Gasteiger partial charge in [0, 0.05) is 5.69 Å². The van der Waals surface area contributed by atoms with Crippen molar-refractivity contribution in [2.24, 2.45) is 0 Å². The summed E-state index contributed by atoms with van der Waals surface area (Å²) in [5, 5.41) is 8.75. The highest BCUT2D eigenvalue weighted by molar-refractivity contribution is 5.52. The van der Waals surface area contributed by atoms with Gasteiger partial charge in [0.05, 0.1) is 6.61 Å². The van der Waals surface area contributed by atoms with E-state index >= 15 is 0 Å². The van der Waals surface area contributed by atoms with Gasteiger partial charge in [-0.3, -0.25) is 0 Å². The fraction of sp³-hybridized carbons (Fsp3) is 0.125. The molecule has 1 aromatic carbocycles. The van der Waals surface area contributed by atoms with Gasteiger partial charge in [0.1, 0.15) is 0 Å². The van der Waals surface area contributed by atoms with E-state index in [-0.39, 0.29) is 6.61 Å². The third kappa shape index (κ3) is 1.11. The second-order valence-corrected chi connectivity index (χ2v) is 2.14. The number of aliphatic hydroxyl groups excluding tert-OH is 1. The van der Waals surface area contributed by atoms with Crippen molar-refractivity contribution >= 4 is 5.69 Å². The van der Waals surface area contributed by atoms with E-state index in [0.29, 0.717) is 5.69 Å². The van der Waals surface area contributed by atoms with E-state index in [1.807, 2.05) is 0 Å². The number of anilines is 1. The van der Waals surface area contributed by atoms with Crippen LogP contribution in [0.4, 0.5) is 5.69 Å². The van der Waals surface area contributed by atoms with Gasteiger partial charge in [0.2, 0.25) is 0 Å². The lowest BCUT2D eigenvalue weighted by Gasteiger charge is -2.03. The molecule has 0 atom stereocenters. The van der Waals surface area contributed by atoms with Crippen molar-refractivity contribution < 1.29 is 5.11 Å². The van der Waals surface area contributed by atoms with Crippen LogP contribution in [0.2, 0.25) is 0 Å². The quantitative estimate of drug-likeness (QED) is 0.564. The molecule has 1 radical (unpaired) electrons. The molecule has 0 bridgehead atoms. The third-order valence-corrected chi connectivity index (χ3v) is 1.48. The van der Waals surface area contributed by atoms with Crippen LogP contribution < -0.4 is 5.73 Å². The number of nitrogen functional groups attached to an aromatic ring is 1. The molecule has 0 aliphatic rings. The first-order valence-corrected chi connectivity index (χ1v) is 3.06. The van der Waals surface area contributed by atoms with Crippen LogP contribution in [0.5, 0.6) is 0 Å². The number of hydrogen-bond acceptors (Lipinski definition) is 2. The van der Waals surface area contributed by atoms with E-state index < -0.39 is 0 Å². The Labute approximate surface area is 60.3 Å². The highest BCUT2D eigenvalue weighted by Crippen LogP contribution is 2.14. The maximum atomic E-state index is 8.75. The summed E-state index contributed by atoms with van der Waals surface area (Å²) in [6.07, 6.45) is 0. The monoisotopic (exact) mass is 136 g/mol. The Morgan fingerprint density at radius 1 is 1.50 bits per heavy atom. The number of nitrogens with two attached hydrogens (primary N) is 1. The molecule has 53 valence electrons. The van der Waals surface area contributed by atoms with E-state index in [4.69, 9.17) is 10.8 Å². The first-order valence-electron chi connectivity index (χ1n) is 3.06. The molecule has 0 aliphatic carbocycles. The van der Waals surface area contributed by atoms with Crippen molar-refractivity contribution in [1.82, 2.24) is 0 Å². The molecule has 2 nitrogen and oxygen atoms in total. The van der Waals surface area contributed by atoms with Crippen LogP contribution in [0.1, 0.15) is 11.1 Å². The van der Waals surface area contributed by atoms with Crippen molar-refractivity contribution in [3.05, 3.63) is 36.2 Å². The Bertz CT molecular complexity index is 233. The second kappa shape index (κ2) is 2.71. The van der Waals surface area contributed by atoms with E-state index in [2.05, 4.69) is 6.92 Å². The van der Waals surface area contributed by atoms with Gasteiger partial charge in [-0.05, 0) is 24.1 Å². The van der Waals surface area contributed by atoms with E-state index in [9.17, 15) is 0 Å². The minimum atomic E-state index is 0.00384. The molecule has 3 N–H and O–H groups in total. The molecule has 0 aromatic heterocycles. The molecule has 10 heavy (non-hydrogen) atoms. The van der Waals surface area contributed by atoms with Gasteiger partial charge in [-0.15, -0.1) is 0 Å². The minimum absolute atomic E-state index is 0.00384. The largest absolute Gasteiger partial charge is 0.398 e. The second-order valence-electron chi connectivity index (χ2n) is 2.14. The van der Waals surface area contributed by atoms with Crippen molar-refractivity contribution in [2.75, 3.05) is 5.73 Å². The minimum Gasteiger partial charge on any atom is -0.398 e. The number of aliphatic hydroxyl groups is 1. The third-order valence-electron chi connectivity index (χ3n) is 1.48. The molecule has 0 saturated carbocycles. The van der Waals surface area contributed by atoms with Gasteiger partial charge in [-0.25, -0.2) is 0 Å². The molecule has 2 heteroatoms. The summed E-state index contributed by atoms with van der Waals surface area (Å²) in [6, 6.07) is 5.37. The molecule has 0 aliphatic heterocycles. The van der Waals surface area contributed by atoms with Crippen LogP contribution >= 0.6 is 0 Å². The summed E-state index contributed by atoms with van der Waals surface area (Å²) in [5.41, 5.74) is 7.67. The maximum absolute atomic E-state index is 8.75. The van der Waals surface area contributed by atoms with E-state index in [1.165, 1.54) is 0 Å². The Hall–Kier alpha value is -1.02. The van der Waals surface area contributed by atoms with Gasteiger partial charge < -0.3 is 10.8 Å². The Kier molecular flexibility index (Phi) is 1.92. The summed E-state index contributed by atoms with van der Waals surface area (Å²) in [4.78, 5) is 0. The smallest absolute Gasteiger partial charge is 0.0685 e. The van der Waals surface area contributed by atoms with Crippen molar-refractivity contribution in [3.63, 3.8) is 0 Å². The fourth-order valence-electron chi connectivity index (χ4n) is 0.803. The summed E-state index contributed by atoms with van der Waals surface area (Å²) < 4.78 is 0. The van der Waals surface area contributed by atoms with E-state index in [0.717, 1.165) is 11.1 Å². The van der Waals surface area contributed by atoms with Crippen molar-refractivity contribution in [2.45, 2.75) is 6.61 Å².